The molecule has 0 saturated carbocycles. The van der Waals surface area contributed by atoms with E-state index in [1.165, 1.54) is 66.7 Å². The zero-order valence-electron chi connectivity index (χ0n) is 38.6. The van der Waals surface area contributed by atoms with Crippen LogP contribution in [0.1, 0.15) is 57.4 Å². The molecule has 366 valence electrons. The molecule has 2 aliphatic heterocycles. The maximum Gasteiger partial charge on any atom is 0.337 e. The summed E-state index contributed by atoms with van der Waals surface area (Å²) in [6.45, 7) is -0.365. The van der Waals surface area contributed by atoms with Crippen molar-refractivity contribution in [1.82, 2.24) is 5.32 Å². The minimum absolute atomic E-state index is 0.00710. The molecule has 16 nitrogen and oxygen atoms in total. The van der Waals surface area contributed by atoms with Crippen LogP contribution in [0.15, 0.2) is 141 Å². The number of hydrogen-bond acceptors (Lipinski definition) is 11. The second kappa shape index (κ2) is 18.6. The van der Waals surface area contributed by atoms with Crippen molar-refractivity contribution in [3.63, 3.8) is 0 Å². The molecule has 2 heterocycles. The smallest absolute Gasteiger partial charge is 0.337 e. The molecule has 10 rings (SSSR count). The predicted octanol–water partition coefficient (Wildman–Crippen LogP) is 11.1. The summed E-state index contributed by atoms with van der Waals surface area (Å²) in [6.07, 6.45) is 0. The number of amides is 2. The minimum Gasteiger partial charge on any atom is -0.508 e. The summed E-state index contributed by atoms with van der Waals surface area (Å²) in [5, 5.41) is 56.2. The fourth-order valence-electron chi connectivity index (χ4n) is 9.17. The number of phenols is 1. The van der Waals surface area contributed by atoms with Gasteiger partial charge in [0.1, 0.15) is 28.4 Å². The number of carboxylic acid groups (broad SMARTS) is 3. The van der Waals surface area contributed by atoms with Gasteiger partial charge in [0.25, 0.3) is 11.8 Å². The molecule has 2 amide bonds. The first-order chi connectivity index (χ1) is 35.4. The summed E-state index contributed by atoms with van der Waals surface area (Å²) in [5.74, 6) is -5.52. The van der Waals surface area contributed by atoms with E-state index < -0.39 is 40.7 Å². The van der Waals surface area contributed by atoms with Crippen molar-refractivity contribution in [2.24, 2.45) is 0 Å². The Balaban J connectivity index is 0.958. The van der Waals surface area contributed by atoms with Crippen molar-refractivity contribution in [1.29, 1.82) is 5.41 Å². The van der Waals surface area contributed by atoms with E-state index in [1.54, 1.807) is 48.5 Å². The molecule has 7 N–H and O–H groups in total. The SMILES string of the molecule is CN(C)c1ccc2c(-c3c(Cl)cc(C(=O)Nc4cccc5cc(C(=O)NCc6c7oc8cc(O)ccc8c(-c8ccc(C(=O)O)cc8C(=O)O)c-7ccc6=O)ccc45)c(Cl)c3C(=O)O)c3ccc(=N)cc-3oc2c1. The molecular weight excluding hydrogens is 992 g/mol. The second-order valence-corrected chi connectivity index (χ2v) is 18.1. The first kappa shape index (κ1) is 48.1. The molecule has 2 aliphatic carbocycles. The molecule has 18 heteroatoms. The van der Waals surface area contributed by atoms with E-state index in [1.807, 2.05) is 25.1 Å². The van der Waals surface area contributed by atoms with Crippen molar-refractivity contribution in [2.45, 2.75) is 6.54 Å². The van der Waals surface area contributed by atoms with Crippen LogP contribution in [0.2, 0.25) is 10.0 Å². The minimum atomic E-state index is -1.46. The van der Waals surface area contributed by atoms with Crippen molar-refractivity contribution in [3.05, 3.63) is 186 Å². The van der Waals surface area contributed by atoms with Gasteiger partial charge in [0.2, 0.25) is 0 Å². The van der Waals surface area contributed by atoms with E-state index >= 15 is 0 Å². The average molecular weight is 1030 g/mol. The number of aromatic hydroxyl groups is 1. The molecule has 0 unspecified atom stereocenters. The number of benzene rings is 8. The van der Waals surface area contributed by atoms with Gasteiger partial charge in [0, 0.05) is 93.2 Å². The Morgan fingerprint density at radius 3 is 2.08 bits per heavy atom. The number of carbonyl (C=O) groups is 5. The molecule has 0 fully saturated rings. The molecule has 0 spiro atoms. The molecule has 0 atom stereocenters. The number of anilines is 2. The maximum atomic E-state index is 14.2. The Labute approximate surface area is 427 Å². The van der Waals surface area contributed by atoms with Crippen LogP contribution in [0.4, 0.5) is 11.4 Å². The zero-order chi connectivity index (χ0) is 52.4. The molecule has 6 aromatic rings. The lowest BCUT2D eigenvalue weighted by molar-refractivity contribution is 0.0682. The topological polar surface area (TPSA) is 261 Å². The number of nitrogens with zero attached hydrogens (tertiary/aromatic N) is 1. The van der Waals surface area contributed by atoms with Gasteiger partial charge < -0.3 is 50.2 Å². The van der Waals surface area contributed by atoms with Crippen molar-refractivity contribution in [2.75, 3.05) is 24.3 Å². The van der Waals surface area contributed by atoms with Crippen molar-refractivity contribution < 1.29 is 53.2 Å². The fourth-order valence-corrected chi connectivity index (χ4v) is 9.78. The first-order valence-electron chi connectivity index (χ1n) is 22.3. The van der Waals surface area contributed by atoms with Crippen LogP contribution in [0, 0.1) is 5.41 Å². The molecule has 0 aromatic heterocycles. The summed E-state index contributed by atoms with van der Waals surface area (Å²) in [7, 11) is 3.71. The second-order valence-electron chi connectivity index (χ2n) is 17.4. The van der Waals surface area contributed by atoms with Crippen LogP contribution >= 0.6 is 23.2 Å². The molecular formula is C56H36Cl2N4O12. The van der Waals surface area contributed by atoms with Gasteiger partial charge in [0.05, 0.1) is 49.8 Å². The number of nitrogens with one attached hydrogen (secondary N) is 3. The summed E-state index contributed by atoms with van der Waals surface area (Å²) in [5.41, 5.74) is 1.41. The van der Waals surface area contributed by atoms with E-state index in [2.05, 4.69) is 10.6 Å². The number of rotatable bonds is 11. The van der Waals surface area contributed by atoms with E-state index in [-0.39, 0.29) is 94.8 Å². The average Bonchev–Trinajstić information content (AvgIpc) is 3.37. The van der Waals surface area contributed by atoms with Crippen LogP contribution in [0.5, 0.6) is 5.75 Å². The van der Waals surface area contributed by atoms with E-state index in [0.29, 0.717) is 44.0 Å². The third-order valence-electron chi connectivity index (χ3n) is 12.7. The Kier molecular flexibility index (Phi) is 12.1. The Morgan fingerprint density at radius 2 is 1.34 bits per heavy atom. The van der Waals surface area contributed by atoms with Gasteiger partial charge in [0.15, 0.2) is 5.43 Å². The number of carboxylic acids is 3. The van der Waals surface area contributed by atoms with Gasteiger partial charge in [-0.05, 0) is 95.9 Å². The van der Waals surface area contributed by atoms with Gasteiger partial charge in [-0.1, -0.05) is 47.5 Å². The highest BCUT2D eigenvalue weighted by Crippen LogP contribution is 2.48. The number of phenolic OH excluding ortho intramolecular Hbond substituents is 1. The first-order valence-corrected chi connectivity index (χ1v) is 23.1. The van der Waals surface area contributed by atoms with Crippen LogP contribution in [-0.4, -0.2) is 64.2 Å². The van der Waals surface area contributed by atoms with Crippen LogP contribution in [-0.2, 0) is 6.54 Å². The number of carbonyl (C=O) groups excluding carboxylic acids is 2. The van der Waals surface area contributed by atoms with Gasteiger partial charge in [-0.2, -0.15) is 0 Å². The highest BCUT2D eigenvalue weighted by Gasteiger charge is 2.31. The number of hydrogen-bond donors (Lipinski definition) is 7. The van der Waals surface area contributed by atoms with E-state index in [0.717, 1.165) is 11.8 Å². The molecule has 0 radical (unpaired) electrons. The van der Waals surface area contributed by atoms with E-state index in [9.17, 15) is 49.2 Å². The summed E-state index contributed by atoms with van der Waals surface area (Å²) < 4.78 is 12.4. The van der Waals surface area contributed by atoms with Gasteiger partial charge in [-0.3, -0.25) is 14.4 Å². The molecule has 74 heavy (non-hydrogen) atoms. The Hall–Kier alpha value is -9.51. The highest BCUT2D eigenvalue weighted by molar-refractivity contribution is 6.42. The maximum absolute atomic E-state index is 14.2. The van der Waals surface area contributed by atoms with Crippen LogP contribution in [0.25, 0.3) is 77.6 Å². The number of halogens is 2. The van der Waals surface area contributed by atoms with Crippen LogP contribution < -0.4 is 26.3 Å². The molecule has 6 aromatic carbocycles. The van der Waals surface area contributed by atoms with E-state index in [4.69, 9.17) is 37.4 Å². The number of aromatic carboxylic acids is 3. The Morgan fingerprint density at radius 1 is 0.635 bits per heavy atom. The normalized spacial score (nSPS) is 11.4. The standard InChI is InChI=1S/C56H36Cl2N4O12/c1-62(2)29-9-14-35-44(21-29)73-43-20-28(59)8-13-34(43)47(35)48-40(57)23-38(50(58)49(48)56(71)72)53(66)61-41-5-3-4-25-18-26(6-11-31(25)41)52(65)60-24-39-42(64)17-16-36-46(33-15-10-30(63)22-45(33)74-51(36)39)32-12-7-27(54(67)68)19-37(32)55(69)70/h3-23,59,63H,24H2,1-2H3,(H,60,65)(H,61,66)(H,67,68)(H,69,70)(H,71,72). The Bertz CT molecular complexity index is 4160. The molecule has 4 aliphatic rings. The predicted molar refractivity (Wildman–Crippen MR) is 279 cm³/mol. The lowest BCUT2D eigenvalue weighted by Crippen LogP contribution is -2.26. The monoisotopic (exact) mass is 1030 g/mol. The fraction of sp³-hybridized carbons (Fsp3) is 0.0536. The third kappa shape index (κ3) is 8.42. The largest absolute Gasteiger partial charge is 0.508 e. The third-order valence-corrected chi connectivity index (χ3v) is 13.4. The molecule has 0 bridgehead atoms. The summed E-state index contributed by atoms with van der Waals surface area (Å²) >= 11 is 13.9. The van der Waals surface area contributed by atoms with Crippen molar-refractivity contribution >= 4 is 97.0 Å². The lowest BCUT2D eigenvalue weighted by Gasteiger charge is -2.21. The summed E-state index contributed by atoms with van der Waals surface area (Å²) in [4.78, 5) is 80.9. The zero-order valence-corrected chi connectivity index (χ0v) is 40.1. The summed E-state index contributed by atoms with van der Waals surface area (Å²) in [6, 6.07) is 31.4. The van der Waals surface area contributed by atoms with Gasteiger partial charge >= 0.3 is 17.9 Å². The molecule has 0 saturated heterocycles. The van der Waals surface area contributed by atoms with Crippen molar-refractivity contribution in [3.8, 4) is 50.7 Å². The van der Waals surface area contributed by atoms with Gasteiger partial charge in [-0.25, -0.2) is 14.4 Å². The van der Waals surface area contributed by atoms with Crippen LogP contribution in [0.3, 0.4) is 0 Å². The highest BCUT2D eigenvalue weighted by atomic mass is 35.5. The number of fused-ring (bicyclic) bond motifs is 5. The van der Waals surface area contributed by atoms with Gasteiger partial charge in [-0.15, -0.1) is 0 Å². The lowest BCUT2D eigenvalue weighted by atomic mass is 9.88. The quantitative estimate of drug-likeness (QED) is 0.0595.